The molecule has 7 nitrogen and oxygen atoms in total. The van der Waals surface area contributed by atoms with Crippen LogP contribution in [0.25, 0.3) is 0 Å². The number of anilines is 1. The Morgan fingerprint density at radius 2 is 1.48 bits per heavy atom. The topological polar surface area (TPSA) is 78.0 Å². The van der Waals surface area contributed by atoms with Gasteiger partial charge in [-0.3, -0.25) is 13.9 Å². The smallest absolute Gasteiger partial charge is 0.253 e. The predicted molar refractivity (Wildman–Crippen MR) is 95.0 cm³/mol. The molecule has 0 aromatic heterocycles. The molecule has 2 heterocycles. The van der Waals surface area contributed by atoms with Crippen LogP contribution in [0.2, 0.25) is 0 Å². The number of carbonyl (C=O) groups is 2. The van der Waals surface area contributed by atoms with Gasteiger partial charge < -0.3 is 9.80 Å². The average Bonchev–Trinajstić information content (AvgIpc) is 2.61. The molecule has 0 N–H and O–H groups in total. The molecule has 2 aliphatic rings. The number of nitrogens with zero attached hydrogens (tertiary/aromatic N) is 3. The summed E-state index contributed by atoms with van der Waals surface area (Å²) in [5.74, 6) is 0.115. The van der Waals surface area contributed by atoms with Crippen molar-refractivity contribution in [1.82, 2.24) is 9.80 Å². The number of piperazine rings is 1. The van der Waals surface area contributed by atoms with E-state index in [9.17, 15) is 18.0 Å². The molecule has 2 aliphatic heterocycles. The molecule has 2 saturated heterocycles. The van der Waals surface area contributed by atoms with Gasteiger partial charge in [0, 0.05) is 45.2 Å². The summed E-state index contributed by atoms with van der Waals surface area (Å²) in [7, 11) is -3.24. The summed E-state index contributed by atoms with van der Waals surface area (Å²) in [4.78, 5) is 27.4. The summed E-state index contributed by atoms with van der Waals surface area (Å²) in [6, 6.07) is 6.75. The molecule has 3 rings (SSSR count). The molecule has 25 heavy (non-hydrogen) atoms. The normalized spacial score (nSPS) is 20.4. The Morgan fingerprint density at radius 1 is 0.880 bits per heavy atom. The van der Waals surface area contributed by atoms with E-state index in [1.54, 1.807) is 34.1 Å². The zero-order valence-electron chi connectivity index (χ0n) is 14.3. The molecule has 0 unspecified atom stereocenters. The monoisotopic (exact) mass is 365 g/mol. The lowest BCUT2D eigenvalue weighted by Gasteiger charge is -2.34. The zero-order valence-corrected chi connectivity index (χ0v) is 15.2. The fourth-order valence-electron chi connectivity index (χ4n) is 3.26. The molecule has 2 fully saturated rings. The number of amides is 2. The van der Waals surface area contributed by atoms with Crippen LogP contribution in [0.5, 0.6) is 0 Å². The van der Waals surface area contributed by atoms with Crippen LogP contribution in [0.3, 0.4) is 0 Å². The molecule has 2 amide bonds. The molecule has 0 radical (unpaired) electrons. The molecule has 136 valence electrons. The largest absolute Gasteiger partial charge is 0.339 e. The number of rotatable bonds is 2. The summed E-state index contributed by atoms with van der Waals surface area (Å²) in [6.07, 6.45) is 1.54. The van der Waals surface area contributed by atoms with Crippen molar-refractivity contribution in [3.63, 3.8) is 0 Å². The van der Waals surface area contributed by atoms with Gasteiger partial charge in [-0.2, -0.15) is 0 Å². The fraction of sp³-hybridized carbons (Fsp3) is 0.529. The molecule has 0 atom stereocenters. The predicted octanol–water partition coefficient (Wildman–Crippen LogP) is 0.921. The molecule has 0 aliphatic carbocycles. The molecule has 1 aromatic carbocycles. The minimum atomic E-state index is -3.24. The van der Waals surface area contributed by atoms with Crippen molar-refractivity contribution in [3.8, 4) is 0 Å². The summed E-state index contributed by atoms with van der Waals surface area (Å²) < 4.78 is 25.7. The van der Waals surface area contributed by atoms with Crippen LogP contribution >= 0.6 is 0 Å². The van der Waals surface area contributed by atoms with Gasteiger partial charge in [-0.1, -0.05) is 0 Å². The van der Waals surface area contributed by atoms with Gasteiger partial charge in [-0.25, -0.2) is 8.42 Å². The Morgan fingerprint density at radius 3 is 2.04 bits per heavy atom. The van der Waals surface area contributed by atoms with Crippen molar-refractivity contribution in [2.45, 2.75) is 19.8 Å². The summed E-state index contributed by atoms with van der Waals surface area (Å²) >= 11 is 0. The highest BCUT2D eigenvalue weighted by molar-refractivity contribution is 7.92. The van der Waals surface area contributed by atoms with Crippen LogP contribution in [0.1, 0.15) is 30.1 Å². The van der Waals surface area contributed by atoms with Gasteiger partial charge in [0.15, 0.2) is 0 Å². The first kappa shape index (κ1) is 17.7. The van der Waals surface area contributed by atoms with Crippen molar-refractivity contribution in [3.05, 3.63) is 29.8 Å². The number of benzene rings is 1. The fourth-order valence-corrected chi connectivity index (χ4v) is 4.90. The van der Waals surface area contributed by atoms with Gasteiger partial charge in [0.1, 0.15) is 0 Å². The summed E-state index contributed by atoms with van der Waals surface area (Å²) in [6.45, 7) is 4.14. The third kappa shape index (κ3) is 3.78. The quantitative estimate of drug-likeness (QED) is 0.781. The Kier molecular flexibility index (Phi) is 4.99. The van der Waals surface area contributed by atoms with Crippen LogP contribution < -0.4 is 4.31 Å². The molecule has 0 spiro atoms. The minimum Gasteiger partial charge on any atom is -0.339 e. The van der Waals surface area contributed by atoms with E-state index >= 15 is 0 Å². The Hall–Kier alpha value is -2.09. The minimum absolute atomic E-state index is 0.0270. The van der Waals surface area contributed by atoms with Gasteiger partial charge in [-0.05, 0) is 37.1 Å². The lowest BCUT2D eigenvalue weighted by Crippen LogP contribution is -2.50. The second-order valence-electron chi connectivity index (χ2n) is 6.44. The molecule has 8 heteroatoms. The van der Waals surface area contributed by atoms with Crippen LogP contribution in [0, 0.1) is 0 Å². The van der Waals surface area contributed by atoms with Crippen molar-refractivity contribution < 1.29 is 18.0 Å². The number of sulfonamides is 1. The Bertz CT molecular complexity index is 753. The highest BCUT2D eigenvalue weighted by atomic mass is 32.2. The van der Waals surface area contributed by atoms with Gasteiger partial charge in [0.25, 0.3) is 5.91 Å². The van der Waals surface area contributed by atoms with E-state index in [0.29, 0.717) is 50.4 Å². The first-order valence-electron chi connectivity index (χ1n) is 8.54. The van der Waals surface area contributed by atoms with Gasteiger partial charge in [0.05, 0.1) is 11.4 Å². The lowest BCUT2D eigenvalue weighted by atomic mass is 10.1. The van der Waals surface area contributed by atoms with E-state index in [1.165, 1.54) is 11.2 Å². The van der Waals surface area contributed by atoms with E-state index in [1.807, 2.05) is 0 Å². The summed E-state index contributed by atoms with van der Waals surface area (Å²) in [5.41, 5.74) is 1.15. The van der Waals surface area contributed by atoms with Gasteiger partial charge in [0.2, 0.25) is 15.9 Å². The van der Waals surface area contributed by atoms with Crippen molar-refractivity contribution in [2.75, 3.05) is 42.8 Å². The molecule has 1 aromatic rings. The maximum absolute atomic E-state index is 12.6. The third-order valence-electron chi connectivity index (χ3n) is 4.76. The first-order valence-corrected chi connectivity index (χ1v) is 10.1. The van der Waals surface area contributed by atoms with Crippen LogP contribution in [-0.2, 0) is 14.8 Å². The van der Waals surface area contributed by atoms with E-state index in [2.05, 4.69) is 0 Å². The highest BCUT2D eigenvalue weighted by Gasteiger charge is 2.27. The maximum atomic E-state index is 12.6. The van der Waals surface area contributed by atoms with E-state index in [4.69, 9.17) is 0 Å². The van der Waals surface area contributed by atoms with Gasteiger partial charge >= 0.3 is 0 Å². The standard InChI is InChI=1S/C17H23N3O4S/c1-14(21)18-9-11-19(12-10-18)17(22)15-4-6-16(7-5-15)20-8-2-3-13-25(20,23)24/h4-7H,2-3,8-13H2,1H3. The second-order valence-corrected chi connectivity index (χ2v) is 8.45. The second kappa shape index (κ2) is 7.03. The van der Waals surface area contributed by atoms with E-state index in [0.717, 1.165) is 6.42 Å². The maximum Gasteiger partial charge on any atom is 0.253 e. The van der Waals surface area contributed by atoms with Gasteiger partial charge in [-0.15, -0.1) is 0 Å². The number of hydrogen-bond donors (Lipinski definition) is 0. The Balaban J connectivity index is 1.68. The van der Waals surface area contributed by atoms with Crippen molar-refractivity contribution >= 4 is 27.5 Å². The number of carbonyl (C=O) groups excluding carboxylic acids is 2. The average molecular weight is 365 g/mol. The SMILES string of the molecule is CC(=O)N1CCN(C(=O)c2ccc(N3CCCCS3(=O)=O)cc2)CC1. The van der Waals surface area contributed by atoms with Crippen molar-refractivity contribution in [1.29, 1.82) is 0 Å². The lowest BCUT2D eigenvalue weighted by molar-refractivity contribution is -0.130. The molecule has 0 bridgehead atoms. The zero-order chi connectivity index (χ0) is 18.0. The molecular weight excluding hydrogens is 342 g/mol. The first-order chi connectivity index (χ1) is 11.9. The van der Waals surface area contributed by atoms with E-state index < -0.39 is 10.0 Å². The van der Waals surface area contributed by atoms with Crippen LogP contribution in [0.4, 0.5) is 5.69 Å². The number of hydrogen-bond acceptors (Lipinski definition) is 4. The highest BCUT2D eigenvalue weighted by Crippen LogP contribution is 2.24. The van der Waals surface area contributed by atoms with Crippen LogP contribution in [-0.4, -0.2) is 68.5 Å². The summed E-state index contributed by atoms with van der Waals surface area (Å²) in [5, 5.41) is 0. The molecule has 0 saturated carbocycles. The molecular formula is C17H23N3O4S. The van der Waals surface area contributed by atoms with Crippen molar-refractivity contribution in [2.24, 2.45) is 0 Å². The Labute approximate surface area is 148 Å². The third-order valence-corrected chi connectivity index (χ3v) is 6.63. The van der Waals surface area contributed by atoms with E-state index in [-0.39, 0.29) is 17.6 Å². The van der Waals surface area contributed by atoms with Crippen LogP contribution in [0.15, 0.2) is 24.3 Å².